The summed E-state index contributed by atoms with van der Waals surface area (Å²) >= 11 is 1.36. The van der Waals surface area contributed by atoms with Crippen molar-refractivity contribution in [1.29, 1.82) is 0 Å². The third-order valence-electron chi connectivity index (χ3n) is 4.82. The number of pyridine rings is 1. The van der Waals surface area contributed by atoms with Gasteiger partial charge in [-0.15, -0.1) is 11.3 Å². The van der Waals surface area contributed by atoms with Crippen molar-refractivity contribution in [2.45, 2.75) is 55.0 Å². The Kier molecular flexibility index (Phi) is 4.10. The van der Waals surface area contributed by atoms with E-state index < -0.39 is 10.0 Å². The second kappa shape index (κ2) is 6.13. The summed E-state index contributed by atoms with van der Waals surface area (Å²) in [5.74, 6) is 0.805. The van der Waals surface area contributed by atoms with E-state index in [1.54, 1.807) is 22.8 Å². The highest BCUT2D eigenvalue weighted by molar-refractivity contribution is 7.91. The molecule has 2 aliphatic rings. The van der Waals surface area contributed by atoms with Crippen molar-refractivity contribution in [2.24, 2.45) is 0 Å². The summed E-state index contributed by atoms with van der Waals surface area (Å²) in [7, 11) is -3.39. The van der Waals surface area contributed by atoms with Crippen LogP contribution in [-0.4, -0.2) is 35.9 Å². The van der Waals surface area contributed by atoms with Crippen molar-refractivity contribution >= 4 is 21.4 Å². The van der Waals surface area contributed by atoms with Gasteiger partial charge in [0.05, 0.1) is 0 Å². The Morgan fingerprint density at radius 3 is 2.38 bits per heavy atom. The van der Waals surface area contributed by atoms with E-state index in [0.29, 0.717) is 4.21 Å². The first-order chi connectivity index (χ1) is 11.5. The van der Waals surface area contributed by atoms with Crippen LogP contribution in [0.15, 0.2) is 40.9 Å². The number of aryl methyl sites for hydroxylation is 1. The third kappa shape index (κ3) is 2.85. The SMILES string of the molecule is Cc1ccc(S(=O)(=O)N2C3CCC2CC(Oc2ccncc2)C3)s1. The molecule has 2 saturated heterocycles. The predicted octanol–water partition coefficient (Wildman–Crippen LogP) is 3.21. The van der Waals surface area contributed by atoms with Gasteiger partial charge in [0.25, 0.3) is 10.0 Å². The smallest absolute Gasteiger partial charge is 0.253 e. The molecule has 2 aromatic heterocycles. The van der Waals surface area contributed by atoms with Gasteiger partial charge in [-0.1, -0.05) is 0 Å². The van der Waals surface area contributed by atoms with Crippen molar-refractivity contribution in [3.63, 3.8) is 0 Å². The zero-order valence-corrected chi connectivity index (χ0v) is 15.1. The van der Waals surface area contributed by atoms with Gasteiger partial charge in [-0.05, 0) is 44.0 Å². The van der Waals surface area contributed by atoms with Crippen LogP contribution >= 0.6 is 11.3 Å². The number of sulfonamides is 1. The number of fused-ring (bicyclic) bond motifs is 2. The molecule has 2 bridgehead atoms. The van der Waals surface area contributed by atoms with E-state index in [4.69, 9.17) is 4.74 Å². The number of piperidine rings is 1. The van der Waals surface area contributed by atoms with Gasteiger partial charge in [-0.2, -0.15) is 4.31 Å². The molecule has 2 fully saturated rings. The van der Waals surface area contributed by atoms with E-state index in [1.807, 2.05) is 25.1 Å². The Balaban J connectivity index is 1.53. The maximum atomic E-state index is 13.0. The monoisotopic (exact) mass is 364 g/mol. The number of hydrogen-bond acceptors (Lipinski definition) is 5. The van der Waals surface area contributed by atoms with Gasteiger partial charge in [0.1, 0.15) is 16.1 Å². The quantitative estimate of drug-likeness (QED) is 0.836. The fraction of sp³-hybridized carbons (Fsp3) is 0.471. The Hall–Kier alpha value is -1.44. The van der Waals surface area contributed by atoms with Crippen LogP contribution in [-0.2, 0) is 10.0 Å². The molecule has 2 unspecified atom stereocenters. The van der Waals surface area contributed by atoms with Crippen molar-refractivity contribution in [3.05, 3.63) is 41.5 Å². The van der Waals surface area contributed by atoms with E-state index in [2.05, 4.69) is 4.98 Å². The summed E-state index contributed by atoms with van der Waals surface area (Å²) in [6, 6.07) is 7.39. The molecule has 24 heavy (non-hydrogen) atoms. The van der Waals surface area contributed by atoms with Crippen LogP contribution in [0, 0.1) is 6.92 Å². The van der Waals surface area contributed by atoms with E-state index in [-0.39, 0.29) is 18.2 Å². The van der Waals surface area contributed by atoms with Crippen LogP contribution in [0.3, 0.4) is 0 Å². The zero-order chi connectivity index (χ0) is 16.7. The van der Waals surface area contributed by atoms with Crippen molar-refractivity contribution in [1.82, 2.24) is 9.29 Å². The van der Waals surface area contributed by atoms with E-state index in [9.17, 15) is 8.42 Å². The number of hydrogen-bond donors (Lipinski definition) is 0. The highest BCUT2D eigenvalue weighted by Crippen LogP contribution is 2.41. The summed E-state index contributed by atoms with van der Waals surface area (Å²) < 4.78 is 34.3. The topological polar surface area (TPSA) is 59.5 Å². The number of nitrogens with zero attached hydrogens (tertiary/aromatic N) is 2. The first-order valence-corrected chi connectivity index (χ1v) is 10.5. The van der Waals surface area contributed by atoms with Crippen LogP contribution in [0.25, 0.3) is 0 Å². The zero-order valence-electron chi connectivity index (χ0n) is 13.5. The first-order valence-electron chi connectivity index (χ1n) is 8.21. The van der Waals surface area contributed by atoms with Crippen LogP contribution in [0.5, 0.6) is 5.75 Å². The van der Waals surface area contributed by atoms with Crippen molar-refractivity contribution in [2.75, 3.05) is 0 Å². The molecule has 0 N–H and O–H groups in total. The molecule has 0 amide bonds. The van der Waals surface area contributed by atoms with Gasteiger partial charge in [0, 0.05) is 42.2 Å². The molecular weight excluding hydrogens is 344 g/mol. The largest absolute Gasteiger partial charge is 0.490 e. The maximum absolute atomic E-state index is 13.0. The lowest BCUT2D eigenvalue weighted by molar-refractivity contribution is 0.0957. The molecule has 0 aliphatic carbocycles. The molecule has 4 heterocycles. The average molecular weight is 364 g/mol. The summed E-state index contributed by atoms with van der Waals surface area (Å²) in [6.07, 6.45) is 6.84. The Bertz CT molecular complexity index is 805. The summed E-state index contributed by atoms with van der Waals surface area (Å²) in [5, 5.41) is 0. The molecule has 0 aromatic carbocycles. The number of rotatable bonds is 4. The predicted molar refractivity (Wildman–Crippen MR) is 92.8 cm³/mol. The number of aromatic nitrogens is 1. The fourth-order valence-electron chi connectivity index (χ4n) is 3.84. The van der Waals surface area contributed by atoms with Crippen LogP contribution in [0.4, 0.5) is 0 Å². The standard InChI is InChI=1S/C17H20N2O3S2/c1-12-2-5-17(23-12)24(20,21)19-13-3-4-14(19)11-16(10-13)22-15-6-8-18-9-7-15/h2,5-9,13-14,16H,3-4,10-11H2,1H3. The molecule has 4 rings (SSSR count). The van der Waals surface area contributed by atoms with E-state index in [0.717, 1.165) is 36.3 Å². The summed E-state index contributed by atoms with van der Waals surface area (Å²) in [4.78, 5) is 5.02. The second-order valence-corrected chi connectivity index (χ2v) is 9.84. The summed E-state index contributed by atoms with van der Waals surface area (Å²) in [5.41, 5.74) is 0. The third-order valence-corrected chi connectivity index (χ3v) is 8.30. The molecular formula is C17H20N2O3S2. The fourth-order valence-corrected chi connectivity index (χ4v) is 7.12. The highest BCUT2D eigenvalue weighted by Gasteiger charge is 2.48. The minimum absolute atomic E-state index is 0.0444. The number of thiophene rings is 1. The van der Waals surface area contributed by atoms with Gasteiger partial charge in [0.2, 0.25) is 0 Å². The van der Waals surface area contributed by atoms with Crippen LogP contribution < -0.4 is 4.74 Å². The lowest BCUT2D eigenvalue weighted by Crippen LogP contribution is -2.48. The van der Waals surface area contributed by atoms with Gasteiger partial charge < -0.3 is 4.74 Å². The van der Waals surface area contributed by atoms with E-state index >= 15 is 0 Å². The first kappa shape index (κ1) is 16.1. The molecule has 0 radical (unpaired) electrons. The van der Waals surface area contributed by atoms with Crippen LogP contribution in [0.1, 0.15) is 30.6 Å². The normalized spacial score (nSPS) is 27.3. The lowest BCUT2D eigenvalue weighted by Gasteiger charge is -2.37. The van der Waals surface area contributed by atoms with Gasteiger partial charge in [0.15, 0.2) is 0 Å². The Labute approximate surface area is 146 Å². The van der Waals surface area contributed by atoms with Gasteiger partial charge in [-0.25, -0.2) is 8.42 Å². The minimum Gasteiger partial charge on any atom is -0.490 e. The molecule has 5 nitrogen and oxygen atoms in total. The minimum atomic E-state index is -3.39. The molecule has 0 spiro atoms. The second-order valence-electron chi connectivity index (χ2n) is 6.48. The Morgan fingerprint density at radius 1 is 1.12 bits per heavy atom. The highest BCUT2D eigenvalue weighted by atomic mass is 32.2. The number of ether oxygens (including phenoxy) is 1. The van der Waals surface area contributed by atoms with Crippen molar-refractivity contribution in [3.8, 4) is 5.75 Å². The molecule has 2 aromatic rings. The molecule has 128 valence electrons. The molecule has 0 saturated carbocycles. The van der Waals surface area contributed by atoms with Crippen LogP contribution in [0.2, 0.25) is 0 Å². The summed E-state index contributed by atoms with van der Waals surface area (Å²) in [6.45, 7) is 1.94. The Morgan fingerprint density at radius 2 is 1.79 bits per heavy atom. The van der Waals surface area contributed by atoms with Crippen molar-refractivity contribution < 1.29 is 13.2 Å². The molecule has 2 atom stereocenters. The average Bonchev–Trinajstić information content (AvgIpc) is 3.11. The van der Waals surface area contributed by atoms with Gasteiger partial charge in [-0.3, -0.25) is 4.98 Å². The lowest BCUT2D eigenvalue weighted by atomic mass is 10.0. The molecule has 7 heteroatoms. The van der Waals surface area contributed by atoms with E-state index in [1.165, 1.54) is 11.3 Å². The maximum Gasteiger partial charge on any atom is 0.253 e. The molecule has 2 aliphatic heterocycles. The van der Waals surface area contributed by atoms with Gasteiger partial charge >= 0.3 is 0 Å².